The normalized spacial score (nSPS) is 17.8. The first-order valence-electron chi connectivity index (χ1n) is 7.67. The molecule has 1 heterocycles. The van der Waals surface area contributed by atoms with Crippen molar-refractivity contribution in [3.8, 4) is 0 Å². The fraction of sp³-hybridized carbons (Fsp3) is 0.588. The zero-order valence-corrected chi connectivity index (χ0v) is 12.9. The van der Waals surface area contributed by atoms with Crippen LogP contribution in [0.4, 0.5) is 5.69 Å². The van der Waals surface area contributed by atoms with Gasteiger partial charge in [-0.2, -0.15) is 0 Å². The first kappa shape index (κ1) is 15.0. The molecule has 2 N–H and O–H groups in total. The summed E-state index contributed by atoms with van der Waals surface area (Å²) >= 11 is 0. The lowest BCUT2D eigenvalue weighted by Crippen LogP contribution is -2.44. The molecule has 0 spiro atoms. The van der Waals surface area contributed by atoms with Gasteiger partial charge in [-0.3, -0.25) is 4.79 Å². The van der Waals surface area contributed by atoms with E-state index in [4.69, 9.17) is 0 Å². The number of piperidine rings is 1. The van der Waals surface area contributed by atoms with Gasteiger partial charge in [-0.1, -0.05) is 19.4 Å². The van der Waals surface area contributed by atoms with Gasteiger partial charge in [0.25, 0.3) is 0 Å². The number of aryl methyl sites for hydroxylation is 2. The van der Waals surface area contributed by atoms with Crippen LogP contribution in [-0.4, -0.2) is 19.0 Å². The second kappa shape index (κ2) is 6.40. The average Bonchev–Trinajstić information content (AvgIpc) is 2.44. The van der Waals surface area contributed by atoms with Crippen molar-refractivity contribution in [3.63, 3.8) is 0 Å². The van der Waals surface area contributed by atoms with Gasteiger partial charge in [-0.05, 0) is 69.5 Å². The Morgan fingerprint density at radius 3 is 2.55 bits per heavy atom. The van der Waals surface area contributed by atoms with Crippen molar-refractivity contribution in [2.45, 2.75) is 46.5 Å². The molecule has 0 atom stereocenters. The lowest BCUT2D eigenvalue weighted by molar-refractivity contribution is -0.127. The van der Waals surface area contributed by atoms with Crippen LogP contribution in [0.15, 0.2) is 18.2 Å². The molecule has 2 rings (SSSR count). The molecule has 0 aromatic heterocycles. The number of hydrogen-bond acceptors (Lipinski definition) is 2. The smallest absolute Gasteiger partial charge is 0.230 e. The molecule has 0 saturated carbocycles. The highest BCUT2D eigenvalue weighted by Crippen LogP contribution is 2.35. The summed E-state index contributed by atoms with van der Waals surface area (Å²) in [6.07, 6.45) is 3.92. The van der Waals surface area contributed by atoms with Crippen molar-refractivity contribution in [2.24, 2.45) is 5.41 Å². The monoisotopic (exact) mass is 274 g/mol. The standard InChI is InChI=1S/C17H26N2O/c1-4-7-17(8-10-18-11-9-17)16(20)19-15-6-5-13(2)14(3)12-15/h5-6,12,18H,4,7-11H2,1-3H3,(H,19,20). The van der Waals surface area contributed by atoms with Crippen LogP contribution in [0.5, 0.6) is 0 Å². The zero-order valence-electron chi connectivity index (χ0n) is 12.9. The summed E-state index contributed by atoms with van der Waals surface area (Å²) < 4.78 is 0. The average molecular weight is 274 g/mol. The molecule has 1 aromatic carbocycles. The number of hydrogen-bond donors (Lipinski definition) is 2. The summed E-state index contributed by atoms with van der Waals surface area (Å²) in [5.41, 5.74) is 3.22. The van der Waals surface area contributed by atoms with Crippen molar-refractivity contribution in [1.82, 2.24) is 5.32 Å². The van der Waals surface area contributed by atoms with Gasteiger partial charge in [-0.15, -0.1) is 0 Å². The number of carbonyl (C=O) groups is 1. The minimum atomic E-state index is -0.182. The topological polar surface area (TPSA) is 41.1 Å². The minimum absolute atomic E-state index is 0.182. The van der Waals surface area contributed by atoms with E-state index in [1.54, 1.807) is 0 Å². The van der Waals surface area contributed by atoms with Crippen molar-refractivity contribution >= 4 is 11.6 Å². The number of benzene rings is 1. The molecule has 3 heteroatoms. The van der Waals surface area contributed by atoms with Crippen molar-refractivity contribution in [2.75, 3.05) is 18.4 Å². The summed E-state index contributed by atoms with van der Waals surface area (Å²) in [4.78, 5) is 12.7. The number of carbonyl (C=O) groups excluding carboxylic acids is 1. The Kier molecular flexibility index (Phi) is 4.81. The molecule has 0 aliphatic carbocycles. The Hall–Kier alpha value is -1.35. The lowest BCUT2D eigenvalue weighted by Gasteiger charge is -2.36. The number of anilines is 1. The van der Waals surface area contributed by atoms with Gasteiger partial charge < -0.3 is 10.6 Å². The summed E-state index contributed by atoms with van der Waals surface area (Å²) in [5, 5.41) is 6.49. The maximum atomic E-state index is 12.7. The van der Waals surface area contributed by atoms with E-state index in [1.807, 2.05) is 6.07 Å². The van der Waals surface area contributed by atoms with Crippen LogP contribution in [0, 0.1) is 19.3 Å². The molecular formula is C17H26N2O. The molecule has 0 bridgehead atoms. The fourth-order valence-corrected chi connectivity index (χ4v) is 3.06. The summed E-state index contributed by atoms with van der Waals surface area (Å²) in [6.45, 7) is 8.22. The molecule has 1 fully saturated rings. The SMILES string of the molecule is CCCC1(C(=O)Nc2ccc(C)c(C)c2)CCNCC1. The fourth-order valence-electron chi connectivity index (χ4n) is 3.06. The molecule has 0 radical (unpaired) electrons. The van der Waals surface area contributed by atoms with Crippen molar-refractivity contribution in [3.05, 3.63) is 29.3 Å². The van der Waals surface area contributed by atoms with Gasteiger partial charge in [0.1, 0.15) is 0 Å². The van der Waals surface area contributed by atoms with Gasteiger partial charge in [0, 0.05) is 5.69 Å². The third-order valence-corrected chi connectivity index (χ3v) is 4.54. The molecular weight excluding hydrogens is 248 g/mol. The molecule has 0 unspecified atom stereocenters. The highest BCUT2D eigenvalue weighted by atomic mass is 16.2. The van der Waals surface area contributed by atoms with Gasteiger partial charge in [0.15, 0.2) is 0 Å². The van der Waals surface area contributed by atoms with Crippen LogP contribution in [0.3, 0.4) is 0 Å². The van der Waals surface area contributed by atoms with Crippen LogP contribution >= 0.6 is 0 Å². The van der Waals surface area contributed by atoms with Crippen molar-refractivity contribution in [1.29, 1.82) is 0 Å². The molecule has 1 amide bonds. The Balaban J connectivity index is 2.13. The second-order valence-electron chi connectivity index (χ2n) is 6.03. The number of nitrogens with one attached hydrogen (secondary N) is 2. The largest absolute Gasteiger partial charge is 0.326 e. The van der Waals surface area contributed by atoms with Gasteiger partial charge in [-0.25, -0.2) is 0 Å². The van der Waals surface area contributed by atoms with Crippen LogP contribution in [-0.2, 0) is 4.79 Å². The summed E-state index contributed by atoms with van der Waals surface area (Å²) in [7, 11) is 0. The summed E-state index contributed by atoms with van der Waals surface area (Å²) in [6, 6.07) is 6.13. The Morgan fingerprint density at radius 2 is 1.95 bits per heavy atom. The first-order valence-corrected chi connectivity index (χ1v) is 7.67. The first-order chi connectivity index (χ1) is 9.57. The molecule has 1 aliphatic rings. The highest BCUT2D eigenvalue weighted by Gasteiger charge is 2.38. The van der Waals surface area contributed by atoms with Crippen LogP contribution in [0.1, 0.15) is 43.7 Å². The van der Waals surface area contributed by atoms with E-state index in [-0.39, 0.29) is 11.3 Å². The van der Waals surface area contributed by atoms with E-state index < -0.39 is 0 Å². The quantitative estimate of drug-likeness (QED) is 0.883. The molecule has 1 saturated heterocycles. The predicted molar refractivity (Wildman–Crippen MR) is 84.0 cm³/mol. The zero-order chi connectivity index (χ0) is 14.6. The van der Waals surface area contributed by atoms with E-state index in [1.165, 1.54) is 11.1 Å². The predicted octanol–water partition coefficient (Wildman–Crippen LogP) is 3.41. The van der Waals surface area contributed by atoms with Gasteiger partial charge in [0.05, 0.1) is 5.41 Å². The van der Waals surface area contributed by atoms with Gasteiger partial charge in [0.2, 0.25) is 5.91 Å². The van der Waals surface area contributed by atoms with Crippen LogP contribution in [0.25, 0.3) is 0 Å². The summed E-state index contributed by atoms with van der Waals surface area (Å²) in [5.74, 6) is 0.198. The Labute approximate surface area is 122 Å². The number of rotatable bonds is 4. The minimum Gasteiger partial charge on any atom is -0.326 e. The van der Waals surface area contributed by atoms with Crippen LogP contribution in [0.2, 0.25) is 0 Å². The lowest BCUT2D eigenvalue weighted by atomic mass is 9.74. The third-order valence-electron chi connectivity index (χ3n) is 4.54. The van der Waals surface area contributed by atoms with E-state index >= 15 is 0 Å². The van der Waals surface area contributed by atoms with Crippen LogP contribution < -0.4 is 10.6 Å². The molecule has 20 heavy (non-hydrogen) atoms. The second-order valence-corrected chi connectivity index (χ2v) is 6.03. The number of amides is 1. The molecule has 1 aliphatic heterocycles. The van der Waals surface area contributed by atoms with E-state index in [0.717, 1.165) is 44.5 Å². The van der Waals surface area contributed by atoms with E-state index in [9.17, 15) is 4.79 Å². The molecule has 1 aromatic rings. The Morgan fingerprint density at radius 1 is 1.25 bits per heavy atom. The Bertz CT molecular complexity index is 470. The molecule has 3 nitrogen and oxygen atoms in total. The van der Waals surface area contributed by atoms with E-state index in [0.29, 0.717) is 0 Å². The van der Waals surface area contributed by atoms with Gasteiger partial charge >= 0.3 is 0 Å². The third kappa shape index (κ3) is 3.21. The van der Waals surface area contributed by atoms with E-state index in [2.05, 4.69) is 43.5 Å². The molecule has 110 valence electrons. The highest BCUT2D eigenvalue weighted by molar-refractivity contribution is 5.95. The maximum Gasteiger partial charge on any atom is 0.230 e. The maximum absolute atomic E-state index is 12.7. The van der Waals surface area contributed by atoms with Crippen molar-refractivity contribution < 1.29 is 4.79 Å².